The van der Waals surface area contributed by atoms with Crippen LogP contribution >= 0.6 is 0 Å². The first kappa shape index (κ1) is 29.0. The van der Waals surface area contributed by atoms with Gasteiger partial charge in [0, 0.05) is 38.0 Å². The van der Waals surface area contributed by atoms with Crippen LogP contribution in [0, 0.1) is 0 Å². The number of hydrogen-bond acceptors (Lipinski definition) is 6. The van der Waals surface area contributed by atoms with E-state index in [1.807, 2.05) is 19.2 Å². The van der Waals surface area contributed by atoms with Gasteiger partial charge in [-0.2, -0.15) is 0 Å². The minimum atomic E-state index is -0.136. The van der Waals surface area contributed by atoms with Gasteiger partial charge in [0.25, 0.3) is 0 Å². The minimum Gasteiger partial charge on any atom is -0.469 e. The van der Waals surface area contributed by atoms with E-state index in [0.29, 0.717) is 18.7 Å². The molecule has 7 nitrogen and oxygen atoms in total. The maximum absolute atomic E-state index is 11.3. The number of rotatable bonds is 11. The molecular weight excluding hydrogens is 433 g/mol. The molecule has 0 radical (unpaired) electrons. The number of anilines is 1. The van der Waals surface area contributed by atoms with Gasteiger partial charge in [-0.25, -0.2) is 19.3 Å². The molecule has 0 aliphatic heterocycles. The van der Waals surface area contributed by atoms with Crippen LogP contribution < -0.4 is 5.32 Å². The van der Waals surface area contributed by atoms with Gasteiger partial charge in [0.2, 0.25) is 5.95 Å². The Balaban J connectivity index is 0.00000133. The van der Waals surface area contributed by atoms with Crippen LogP contribution in [0.1, 0.15) is 71.3 Å². The van der Waals surface area contributed by atoms with E-state index in [9.17, 15) is 9.18 Å². The molecule has 0 aliphatic carbocycles. The molecular formula is C26H40FN5O2. The van der Waals surface area contributed by atoms with Crippen LogP contribution in [0.25, 0.3) is 11.4 Å². The molecule has 0 bridgehead atoms. The van der Waals surface area contributed by atoms with Crippen molar-refractivity contribution in [1.82, 2.24) is 19.5 Å². The lowest BCUT2D eigenvalue weighted by Gasteiger charge is -2.21. The Hall–Kier alpha value is -3.03. The van der Waals surface area contributed by atoms with Gasteiger partial charge in [-0.05, 0) is 25.8 Å². The van der Waals surface area contributed by atoms with Crippen LogP contribution in [0.3, 0.4) is 0 Å². The summed E-state index contributed by atoms with van der Waals surface area (Å²) < 4.78 is 17.6. The van der Waals surface area contributed by atoms with Crippen molar-refractivity contribution in [3.8, 4) is 11.4 Å². The van der Waals surface area contributed by atoms with Crippen LogP contribution in [-0.4, -0.2) is 39.6 Å². The lowest BCUT2D eigenvalue weighted by molar-refractivity contribution is -0.140. The zero-order chi connectivity index (χ0) is 25.6. The fraction of sp³-hybridized carbons (Fsp3) is 0.538. The smallest absolute Gasteiger partial charge is 0.305 e. The summed E-state index contributed by atoms with van der Waals surface area (Å²) in [5.41, 5.74) is 2.74. The zero-order valence-electron chi connectivity index (χ0n) is 21.5. The number of hydrogen-bond donors (Lipinski definition) is 1. The standard InChI is InChI=1S/C23H35N5O2.C3H5F/c1-7-12-18-20(17-14-15-25-22(24-5)26-17)27-21(23(2,3)4)28(18)16-11-9-8-10-13-19(29)30-6;1-2-3-4/h7,14-15H,1,8-13,16H2,2-6H3,(H,24,25,26);2-3H,1H3/b;3-2+. The summed E-state index contributed by atoms with van der Waals surface area (Å²) in [4.78, 5) is 25.1. The van der Waals surface area contributed by atoms with Crippen LogP contribution in [-0.2, 0) is 27.9 Å². The molecule has 0 aliphatic rings. The van der Waals surface area contributed by atoms with E-state index in [1.54, 1.807) is 13.1 Å². The maximum atomic E-state index is 11.3. The summed E-state index contributed by atoms with van der Waals surface area (Å²) in [7, 11) is 3.24. The molecule has 0 spiro atoms. The fourth-order valence-corrected chi connectivity index (χ4v) is 3.45. The van der Waals surface area contributed by atoms with Gasteiger partial charge < -0.3 is 14.6 Å². The Kier molecular flexibility index (Phi) is 12.8. The summed E-state index contributed by atoms with van der Waals surface area (Å²) in [5, 5.41) is 3.00. The van der Waals surface area contributed by atoms with Crippen molar-refractivity contribution in [3.63, 3.8) is 0 Å². The molecule has 0 aromatic carbocycles. The number of imidazole rings is 1. The van der Waals surface area contributed by atoms with Crippen molar-refractivity contribution in [2.75, 3.05) is 19.5 Å². The second-order valence-electron chi connectivity index (χ2n) is 8.84. The molecule has 0 atom stereocenters. The Morgan fingerprint density at radius 3 is 2.47 bits per heavy atom. The molecule has 0 amide bonds. The second-order valence-corrected chi connectivity index (χ2v) is 8.84. The number of aromatic nitrogens is 4. The van der Waals surface area contributed by atoms with Crippen molar-refractivity contribution < 1.29 is 13.9 Å². The highest BCUT2D eigenvalue weighted by Gasteiger charge is 2.26. The fourth-order valence-electron chi connectivity index (χ4n) is 3.45. The van der Waals surface area contributed by atoms with Crippen molar-refractivity contribution in [3.05, 3.63) is 48.8 Å². The third-order valence-corrected chi connectivity index (χ3v) is 5.07. The summed E-state index contributed by atoms with van der Waals surface area (Å²) in [6.45, 7) is 13.0. The number of methoxy groups -OCH3 is 1. The average molecular weight is 474 g/mol. The molecule has 1 N–H and O–H groups in total. The lowest BCUT2D eigenvalue weighted by Crippen LogP contribution is -2.20. The number of halogens is 1. The summed E-state index contributed by atoms with van der Waals surface area (Å²) in [6, 6.07) is 1.90. The average Bonchev–Trinajstić information content (AvgIpc) is 3.20. The molecule has 2 aromatic rings. The van der Waals surface area contributed by atoms with Crippen molar-refractivity contribution in [2.45, 2.75) is 78.2 Å². The monoisotopic (exact) mass is 473 g/mol. The van der Waals surface area contributed by atoms with Gasteiger partial charge in [0.15, 0.2) is 0 Å². The van der Waals surface area contributed by atoms with E-state index in [1.165, 1.54) is 13.2 Å². The van der Waals surface area contributed by atoms with E-state index >= 15 is 0 Å². The first-order valence-corrected chi connectivity index (χ1v) is 11.7. The van der Waals surface area contributed by atoms with Gasteiger partial charge in [-0.15, -0.1) is 6.58 Å². The zero-order valence-corrected chi connectivity index (χ0v) is 21.5. The van der Waals surface area contributed by atoms with E-state index < -0.39 is 0 Å². The first-order valence-electron chi connectivity index (χ1n) is 11.7. The van der Waals surface area contributed by atoms with E-state index in [2.05, 4.69) is 47.2 Å². The summed E-state index contributed by atoms with van der Waals surface area (Å²) >= 11 is 0. The third-order valence-electron chi connectivity index (χ3n) is 5.07. The minimum absolute atomic E-state index is 0.0993. The van der Waals surface area contributed by atoms with E-state index in [0.717, 1.165) is 61.6 Å². The number of ether oxygens (including phenoxy) is 1. The topological polar surface area (TPSA) is 81.9 Å². The number of nitrogens with zero attached hydrogens (tertiary/aromatic N) is 4. The highest BCUT2D eigenvalue weighted by atomic mass is 19.1. The molecule has 0 saturated carbocycles. The molecule has 8 heteroatoms. The normalized spacial score (nSPS) is 11.1. The predicted molar refractivity (Wildman–Crippen MR) is 136 cm³/mol. The highest BCUT2D eigenvalue weighted by molar-refractivity contribution is 5.69. The van der Waals surface area contributed by atoms with Crippen LogP contribution in [0.15, 0.2) is 37.3 Å². The van der Waals surface area contributed by atoms with Crippen LogP contribution in [0.2, 0.25) is 0 Å². The van der Waals surface area contributed by atoms with Crippen LogP contribution in [0.4, 0.5) is 10.3 Å². The Bertz CT molecular complexity index is 928. The Labute approximate surface area is 203 Å². The number of allylic oxidation sites excluding steroid dienone is 2. The van der Waals surface area contributed by atoms with Gasteiger partial charge >= 0.3 is 5.97 Å². The summed E-state index contributed by atoms with van der Waals surface area (Å²) in [5.74, 6) is 1.49. The molecule has 0 unspecified atom stereocenters. The van der Waals surface area contributed by atoms with Crippen LogP contribution in [0.5, 0.6) is 0 Å². The van der Waals surface area contributed by atoms with Gasteiger partial charge in [-0.1, -0.05) is 45.8 Å². The van der Waals surface area contributed by atoms with Crippen molar-refractivity contribution in [1.29, 1.82) is 0 Å². The molecule has 0 fully saturated rings. The quantitative estimate of drug-likeness (QED) is 0.244. The van der Waals surface area contributed by atoms with Crippen molar-refractivity contribution in [2.24, 2.45) is 0 Å². The summed E-state index contributed by atoms with van der Waals surface area (Å²) in [6.07, 6.45) is 10.7. The lowest BCUT2D eigenvalue weighted by atomic mass is 9.95. The van der Waals surface area contributed by atoms with E-state index in [-0.39, 0.29) is 11.4 Å². The van der Waals surface area contributed by atoms with Crippen molar-refractivity contribution >= 4 is 11.9 Å². The number of esters is 1. The molecule has 2 heterocycles. The van der Waals surface area contributed by atoms with Gasteiger partial charge in [0.05, 0.1) is 24.8 Å². The number of carbonyl (C=O) groups excluding carboxylic acids is 1. The molecule has 188 valence electrons. The number of unbranched alkanes of at least 4 members (excludes halogenated alkanes) is 3. The first-order chi connectivity index (χ1) is 16.2. The number of carbonyl (C=O) groups is 1. The molecule has 34 heavy (non-hydrogen) atoms. The van der Waals surface area contributed by atoms with E-state index in [4.69, 9.17) is 9.72 Å². The highest BCUT2D eigenvalue weighted by Crippen LogP contribution is 2.31. The maximum Gasteiger partial charge on any atom is 0.305 e. The predicted octanol–water partition coefficient (Wildman–Crippen LogP) is 6.02. The third kappa shape index (κ3) is 9.08. The largest absolute Gasteiger partial charge is 0.469 e. The van der Waals surface area contributed by atoms with Gasteiger partial charge in [-0.3, -0.25) is 4.79 Å². The molecule has 0 saturated heterocycles. The Morgan fingerprint density at radius 2 is 1.91 bits per heavy atom. The molecule has 2 aromatic heterocycles. The Morgan fingerprint density at radius 1 is 1.24 bits per heavy atom. The SMILES string of the molecule is C/C=C/F.C=CCc1c(-c2ccnc(NC)n2)nc(C(C)(C)C)n1CCCCCCC(=O)OC. The van der Waals surface area contributed by atoms with Gasteiger partial charge in [0.1, 0.15) is 11.5 Å². The molecule has 2 rings (SSSR count). The second kappa shape index (κ2) is 15.0. The number of nitrogens with one attached hydrogen (secondary N) is 1.